The Balaban J connectivity index is 2.81. The second kappa shape index (κ2) is 6.59. The third-order valence-corrected chi connectivity index (χ3v) is 3.10. The lowest BCUT2D eigenvalue weighted by Gasteiger charge is -2.28. The van der Waals surface area contributed by atoms with Crippen molar-refractivity contribution in [2.75, 3.05) is 13.2 Å². The number of ether oxygens (including phenoxy) is 1. The van der Waals surface area contributed by atoms with E-state index >= 15 is 0 Å². The molecule has 1 aromatic rings. The van der Waals surface area contributed by atoms with Gasteiger partial charge in [-0.25, -0.2) is 0 Å². The lowest BCUT2D eigenvalue weighted by molar-refractivity contribution is -0.138. The van der Waals surface area contributed by atoms with Gasteiger partial charge in [-0.3, -0.25) is 0 Å². The molecule has 5 heteroatoms. The Bertz CT molecular complexity index is 429. The van der Waals surface area contributed by atoms with Gasteiger partial charge >= 0.3 is 6.18 Å². The molecule has 0 radical (unpaired) electrons. The summed E-state index contributed by atoms with van der Waals surface area (Å²) in [5, 5.41) is 3.11. The number of halogens is 3. The highest BCUT2D eigenvalue weighted by molar-refractivity contribution is 5.32. The monoisotopic (exact) mass is 289 g/mol. The van der Waals surface area contributed by atoms with Gasteiger partial charge in [-0.2, -0.15) is 13.2 Å². The minimum Gasteiger partial charge on any atom is -0.375 e. The van der Waals surface area contributed by atoms with E-state index in [1.54, 1.807) is 13.0 Å². The fourth-order valence-electron chi connectivity index (χ4n) is 2.08. The van der Waals surface area contributed by atoms with Gasteiger partial charge in [0.05, 0.1) is 11.2 Å². The zero-order valence-corrected chi connectivity index (χ0v) is 12.3. The molecule has 0 bridgehead atoms. The van der Waals surface area contributed by atoms with Gasteiger partial charge in [-0.05, 0) is 39.3 Å². The maximum atomic E-state index is 13.0. The molecule has 1 unspecified atom stereocenters. The van der Waals surface area contributed by atoms with Crippen LogP contribution in [-0.4, -0.2) is 18.8 Å². The Morgan fingerprint density at radius 1 is 1.20 bits per heavy atom. The van der Waals surface area contributed by atoms with Crippen molar-refractivity contribution >= 4 is 0 Å². The van der Waals surface area contributed by atoms with E-state index in [1.165, 1.54) is 12.1 Å². The molecule has 114 valence electrons. The van der Waals surface area contributed by atoms with E-state index in [4.69, 9.17) is 4.74 Å². The van der Waals surface area contributed by atoms with Crippen molar-refractivity contribution in [3.8, 4) is 0 Å². The fourth-order valence-corrected chi connectivity index (χ4v) is 2.08. The minimum absolute atomic E-state index is 0.257. The molecular weight excluding hydrogens is 267 g/mol. The number of hydrogen-bond acceptors (Lipinski definition) is 2. The summed E-state index contributed by atoms with van der Waals surface area (Å²) < 4.78 is 44.4. The second-order valence-corrected chi connectivity index (χ2v) is 5.38. The van der Waals surface area contributed by atoms with E-state index in [1.807, 2.05) is 20.8 Å². The van der Waals surface area contributed by atoms with Gasteiger partial charge in [0.1, 0.15) is 0 Å². The third-order valence-electron chi connectivity index (χ3n) is 3.10. The molecule has 1 N–H and O–H groups in total. The highest BCUT2D eigenvalue weighted by Crippen LogP contribution is 2.34. The molecule has 0 aromatic heterocycles. The standard InChI is InChI=1S/C15H22F3NO/c1-5-20-14(3,4)10-19-11(2)12-8-6-7-9-13(12)15(16,17)18/h6-9,11,19H,5,10H2,1-4H3. The van der Waals surface area contributed by atoms with Crippen molar-refractivity contribution in [1.29, 1.82) is 0 Å². The van der Waals surface area contributed by atoms with Crippen LogP contribution in [0.3, 0.4) is 0 Å². The third kappa shape index (κ3) is 4.80. The van der Waals surface area contributed by atoms with Crippen LogP contribution in [0.4, 0.5) is 13.2 Å². The van der Waals surface area contributed by atoms with E-state index in [2.05, 4.69) is 5.32 Å². The van der Waals surface area contributed by atoms with Crippen LogP contribution in [-0.2, 0) is 10.9 Å². The molecule has 0 aliphatic rings. The predicted molar refractivity (Wildman–Crippen MR) is 73.6 cm³/mol. The molecule has 0 heterocycles. The van der Waals surface area contributed by atoms with Crippen molar-refractivity contribution in [2.45, 2.75) is 45.5 Å². The SMILES string of the molecule is CCOC(C)(C)CNC(C)c1ccccc1C(F)(F)F. The predicted octanol–water partition coefficient (Wildman–Crippen LogP) is 4.17. The Morgan fingerprint density at radius 2 is 1.80 bits per heavy atom. The molecule has 0 saturated heterocycles. The van der Waals surface area contributed by atoms with Gasteiger partial charge in [0.25, 0.3) is 0 Å². The molecule has 0 fully saturated rings. The zero-order chi connectivity index (χ0) is 15.4. The maximum Gasteiger partial charge on any atom is 0.416 e. The first-order valence-electron chi connectivity index (χ1n) is 6.71. The molecule has 0 saturated carbocycles. The van der Waals surface area contributed by atoms with Gasteiger partial charge in [-0.15, -0.1) is 0 Å². The van der Waals surface area contributed by atoms with Gasteiger partial charge in [0, 0.05) is 19.2 Å². The molecule has 1 atom stereocenters. The molecule has 0 aliphatic carbocycles. The van der Waals surface area contributed by atoms with Crippen molar-refractivity contribution in [2.24, 2.45) is 0 Å². The molecular formula is C15H22F3NO. The summed E-state index contributed by atoms with van der Waals surface area (Å²) in [5.74, 6) is 0. The summed E-state index contributed by atoms with van der Waals surface area (Å²) in [6.07, 6.45) is -4.33. The van der Waals surface area contributed by atoms with E-state index in [-0.39, 0.29) is 5.56 Å². The Morgan fingerprint density at radius 3 is 2.35 bits per heavy atom. The maximum absolute atomic E-state index is 13.0. The number of nitrogens with one attached hydrogen (secondary N) is 1. The van der Waals surface area contributed by atoms with Crippen LogP contribution in [0.1, 0.15) is 44.9 Å². The summed E-state index contributed by atoms with van der Waals surface area (Å²) in [6.45, 7) is 8.49. The summed E-state index contributed by atoms with van der Waals surface area (Å²) in [4.78, 5) is 0. The van der Waals surface area contributed by atoms with Crippen LogP contribution in [0.15, 0.2) is 24.3 Å². The summed E-state index contributed by atoms with van der Waals surface area (Å²) in [5.41, 5.74) is -0.738. The van der Waals surface area contributed by atoms with Crippen LogP contribution < -0.4 is 5.32 Å². The zero-order valence-electron chi connectivity index (χ0n) is 12.3. The van der Waals surface area contributed by atoms with Crippen LogP contribution in [0.5, 0.6) is 0 Å². The first kappa shape index (κ1) is 17.0. The van der Waals surface area contributed by atoms with Crippen molar-refractivity contribution in [3.63, 3.8) is 0 Å². The summed E-state index contributed by atoms with van der Waals surface area (Å²) in [6, 6.07) is 5.25. The first-order chi connectivity index (χ1) is 9.17. The van der Waals surface area contributed by atoms with E-state index in [0.717, 1.165) is 6.07 Å². The summed E-state index contributed by atoms with van der Waals surface area (Å²) in [7, 11) is 0. The van der Waals surface area contributed by atoms with Crippen molar-refractivity contribution in [3.05, 3.63) is 35.4 Å². The minimum atomic E-state index is -4.33. The van der Waals surface area contributed by atoms with Gasteiger partial charge < -0.3 is 10.1 Å². The number of alkyl halides is 3. The second-order valence-electron chi connectivity index (χ2n) is 5.38. The molecule has 1 rings (SSSR count). The Hall–Kier alpha value is -1.07. The Labute approximate surface area is 118 Å². The normalized spacial score (nSPS) is 14.3. The van der Waals surface area contributed by atoms with E-state index in [9.17, 15) is 13.2 Å². The molecule has 20 heavy (non-hydrogen) atoms. The van der Waals surface area contributed by atoms with Crippen LogP contribution in [0.2, 0.25) is 0 Å². The molecule has 0 aliphatic heterocycles. The van der Waals surface area contributed by atoms with Gasteiger partial charge in [-0.1, -0.05) is 18.2 Å². The quantitative estimate of drug-likeness (QED) is 0.848. The highest BCUT2D eigenvalue weighted by atomic mass is 19.4. The smallest absolute Gasteiger partial charge is 0.375 e. The van der Waals surface area contributed by atoms with Gasteiger partial charge in [0.15, 0.2) is 0 Å². The van der Waals surface area contributed by atoms with Crippen LogP contribution >= 0.6 is 0 Å². The molecule has 0 amide bonds. The average Bonchev–Trinajstić information content (AvgIpc) is 2.35. The fraction of sp³-hybridized carbons (Fsp3) is 0.600. The van der Waals surface area contributed by atoms with Crippen molar-refractivity contribution < 1.29 is 17.9 Å². The molecule has 2 nitrogen and oxygen atoms in total. The van der Waals surface area contributed by atoms with E-state index in [0.29, 0.717) is 13.2 Å². The molecule has 1 aromatic carbocycles. The number of hydrogen-bond donors (Lipinski definition) is 1. The first-order valence-corrected chi connectivity index (χ1v) is 6.71. The number of benzene rings is 1. The highest BCUT2D eigenvalue weighted by Gasteiger charge is 2.34. The van der Waals surface area contributed by atoms with Crippen molar-refractivity contribution in [1.82, 2.24) is 5.32 Å². The van der Waals surface area contributed by atoms with Gasteiger partial charge in [0.2, 0.25) is 0 Å². The lowest BCUT2D eigenvalue weighted by atomic mass is 10.00. The number of rotatable bonds is 6. The topological polar surface area (TPSA) is 21.3 Å². The van der Waals surface area contributed by atoms with E-state index < -0.39 is 23.4 Å². The lowest BCUT2D eigenvalue weighted by Crippen LogP contribution is -2.39. The average molecular weight is 289 g/mol. The van der Waals surface area contributed by atoms with Crippen LogP contribution in [0.25, 0.3) is 0 Å². The Kier molecular flexibility index (Phi) is 5.59. The van der Waals surface area contributed by atoms with Crippen LogP contribution in [0, 0.1) is 0 Å². The molecule has 0 spiro atoms. The largest absolute Gasteiger partial charge is 0.416 e. The summed E-state index contributed by atoms with van der Waals surface area (Å²) >= 11 is 0.